The number of rotatable bonds is 7. The van der Waals surface area contributed by atoms with Crippen molar-refractivity contribution in [3.63, 3.8) is 0 Å². The van der Waals surface area contributed by atoms with E-state index in [4.69, 9.17) is 9.84 Å². The Hall–Kier alpha value is -2.45. The Morgan fingerprint density at radius 3 is 2.52 bits per heavy atom. The van der Waals surface area contributed by atoms with Crippen LogP contribution in [0.5, 0.6) is 0 Å². The number of ether oxygens (including phenoxy) is 1. The van der Waals surface area contributed by atoms with Gasteiger partial charge in [-0.05, 0) is 17.7 Å². The summed E-state index contributed by atoms with van der Waals surface area (Å²) >= 11 is 0. The second-order valence-electron chi connectivity index (χ2n) is 6.91. The van der Waals surface area contributed by atoms with Crippen LogP contribution in [-0.2, 0) is 20.9 Å². The van der Waals surface area contributed by atoms with Gasteiger partial charge in [-0.1, -0.05) is 12.1 Å². The molecule has 2 fully saturated rings. The van der Waals surface area contributed by atoms with Gasteiger partial charge in [-0.15, -0.1) is 0 Å². The molecule has 1 aromatic rings. The van der Waals surface area contributed by atoms with Crippen LogP contribution in [0.3, 0.4) is 0 Å². The Morgan fingerprint density at radius 2 is 1.85 bits per heavy atom. The molecule has 0 aliphatic carbocycles. The third-order valence-electron chi connectivity index (χ3n) is 5.04. The van der Waals surface area contributed by atoms with Crippen LogP contribution < -0.4 is 5.32 Å². The molecule has 2 saturated heterocycles. The molecule has 2 heterocycles. The fraction of sp³-hybridized carbons (Fsp3) is 0.526. The number of carboxylic acids is 1. The van der Waals surface area contributed by atoms with Crippen molar-refractivity contribution < 1.29 is 24.2 Å². The summed E-state index contributed by atoms with van der Waals surface area (Å²) in [6.45, 7) is 5.43. The van der Waals surface area contributed by atoms with Gasteiger partial charge < -0.3 is 20.1 Å². The molecule has 2 aliphatic heterocycles. The molecule has 0 aromatic heterocycles. The first kappa shape index (κ1) is 19.3. The lowest BCUT2D eigenvalue weighted by Crippen LogP contribution is -2.42. The first-order chi connectivity index (χ1) is 13.0. The minimum Gasteiger partial charge on any atom is -0.478 e. The monoisotopic (exact) mass is 375 g/mol. The van der Waals surface area contributed by atoms with Crippen molar-refractivity contribution in [3.8, 4) is 0 Å². The average molecular weight is 375 g/mol. The van der Waals surface area contributed by atoms with Crippen molar-refractivity contribution >= 4 is 17.8 Å². The summed E-state index contributed by atoms with van der Waals surface area (Å²) < 4.78 is 5.32. The fourth-order valence-corrected chi connectivity index (χ4v) is 3.35. The van der Waals surface area contributed by atoms with Crippen LogP contribution in [0.4, 0.5) is 0 Å². The first-order valence-corrected chi connectivity index (χ1v) is 9.21. The molecule has 1 unspecified atom stereocenters. The molecule has 0 saturated carbocycles. The molecule has 3 rings (SSSR count). The van der Waals surface area contributed by atoms with Gasteiger partial charge in [-0.2, -0.15) is 0 Å². The van der Waals surface area contributed by atoms with E-state index in [1.807, 2.05) is 0 Å². The lowest BCUT2D eigenvalue weighted by Gasteiger charge is -2.28. The van der Waals surface area contributed by atoms with Crippen LogP contribution in [0, 0.1) is 5.92 Å². The molecular weight excluding hydrogens is 350 g/mol. The van der Waals surface area contributed by atoms with Gasteiger partial charge >= 0.3 is 5.97 Å². The normalized spacial score (nSPS) is 20.7. The van der Waals surface area contributed by atoms with Gasteiger partial charge in [0.15, 0.2) is 0 Å². The van der Waals surface area contributed by atoms with Gasteiger partial charge in [0.2, 0.25) is 11.8 Å². The van der Waals surface area contributed by atoms with Gasteiger partial charge in [0.05, 0.1) is 24.7 Å². The quantitative estimate of drug-likeness (QED) is 0.706. The number of nitrogens with one attached hydrogen (secondary N) is 1. The molecule has 2 N–H and O–H groups in total. The number of carboxylic acid groups (broad SMARTS) is 1. The van der Waals surface area contributed by atoms with E-state index in [-0.39, 0.29) is 29.7 Å². The molecule has 8 heteroatoms. The van der Waals surface area contributed by atoms with Crippen molar-refractivity contribution in [2.24, 2.45) is 5.92 Å². The van der Waals surface area contributed by atoms with Gasteiger partial charge in [0.25, 0.3) is 0 Å². The summed E-state index contributed by atoms with van der Waals surface area (Å²) in [6, 6.07) is 6.38. The summed E-state index contributed by atoms with van der Waals surface area (Å²) in [5.41, 5.74) is 1.03. The summed E-state index contributed by atoms with van der Waals surface area (Å²) in [6.07, 6.45) is 0.243. The number of carbonyl (C=O) groups excluding carboxylic acids is 2. The van der Waals surface area contributed by atoms with Crippen LogP contribution in [0.25, 0.3) is 0 Å². The van der Waals surface area contributed by atoms with Crippen LogP contribution in [0.15, 0.2) is 24.3 Å². The first-order valence-electron chi connectivity index (χ1n) is 9.21. The second kappa shape index (κ2) is 8.96. The largest absolute Gasteiger partial charge is 0.478 e. The molecular formula is C19H25N3O5. The SMILES string of the molecule is O=C(O)c1ccc(CNC(=O)C2CC(=O)N(CCN3CCOCC3)C2)cc1. The highest BCUT2D eigenvalue weighted by Gasteiger charge is 2.34. The summed E-state index contributed by atoms with van der Waals surface area (Å²) in [7, 11) is 0. The third-order valence-corrected chi connectivity index (χ3v) is 5.04. The Morgan fingerprint density at radius 1 is 1.15 bits per heavy atom. The zero-order valence-electron chi connectivity index (χ0n) is 15.2. The maximum atomic E-state index is 12.4. The summed E-state index contributed by atoms with van der Waals surface area (Å²) in [4.78, 5) is 39.5. The standard InChI is InChI=1S/C19H25N3O5/c23-17-11-16(13-22(17)6-5-21-7-9-27-10-8-21)18(24)20-12-14-1-3-15(4-2-14)19(25)26/h1-4,16H,5-13H2,(H,20,24)(H,25,26). The zero-order valence-corrected chi connectivity index (χ0v) is 15.2. The zero-order chi connectivity index (χ0) is 19.2. The van der Waals surface area contributed by atoms with E-state index in [1.54, 1.807) is 17.0 Å². The van der Waals surface area contributed by atoms with Crippen molar-refractivity contribution in [3.05, 3.63) is 35.4 Å². The third kappa shape index (κ3) is 5.27. The molecule has 1 aromatic carbocycles. The summed E-state index contributed by atoms with van der Waals surface area (Å²) in [5, 5.41) is 11.7. The Labute approximate surface area is 158 Å². The molecule has 1 atom stereocenters. The molecule has 27 heavy (non-hydrogen) atoms. The molecule has 146 valence electrons. The maximum Gasteiger partial charge on any atom is 0.335 e. The number of aromatic carboxylic acids is 1. The van der Waals surface area contributed by atoms with E-state index in [0.717, 1.165) is 38.4 Å². The molecule has 0 bridgehead atoms. The lowest BCUT2D eigenvalue weighted by molar-refractivity contribution is -0.129. The number of hydrogen-bond acceptors (Lipinski definition) is 5. The topological polar surface area (TPSA) is 99.2 Å². The van der Waals surface area contributed by atoms with E-state index < -0.39 is 5.97 Å². The van der Waals surface area contributed by atoms with E-state index in [0.29, 0.717) is 19.6 Å². The number of nitrogens with zero attached hydrogens (tertiary/aromatic N) is 2. The molecule has 0 spiro atoms. The smallest absolute Gasteiger partial charge is 0.335 e. The van der Waals surface area contributed by atoms with E-state index in [9.17, 15) is 14.4 Å². The highest BCUT2D eigenvalue weighted by atomic mass is 16.5. The van der Waals surface area contributed by atoms with E-state index in [1.165, 1.54) is 12.1 Å². The van der Waals surface area contributed by atoms with Crippen LogP contribution >= 0.6 is 0 Å². The Bertz CT molecular complexity index is 685. The predicted molar refractivity (Wildman–Crippen MR) is 97.2 cm³/mol. The number of likely N-dealkylation sites (tertiary alicyclic amines) is 1. The van der Waals surface area contributed by atoms with Gasteiger partial charge in [0.1, 0.15) is 0 Å². The van der Waals surface area contributed by atoms with Crippen molar-refractivity contribution in [2.75, 3.05) is 45.9 Å². The van der Waals surface area contributed by atoms with Crippen LogP contribution in [0.1, 0.15) is 22.3 Å². The molecule has 8 nitrogen and oxygen atoms in total. The lowest BCUT2D eigenvalue weighted by atomic mass is 10.1. The van der Waals surface area contributed by atoms with E-state index >= 15 is 0 Å². The molecule has 0 radical (unpaired) electrons. The molecule has 2 aliphatic rings. The van der Waals surface area contributed by atoms with Crippen LogP contribution in [-0.4, -0.2) is 78.6 Å². The predicted octanol–water partition coefficient (Wildman–Crippen LogP) is 0.182. The van der Waals surface area contributed by atoms with Crippen LogP contribution in [0.2, 0.25) is 0 Å². The number of amides is 2. The Kier molecular flexibility index (Phi) is 6.41. The van der Waals surface area contributed by atoms with Gasteiger partial charge in [-0.25, -0.2) is 4.79 Å². The van der Waals surface area contributed by atoms with Crippen molar-refractivity contribution in [1.29, 1.82) is 0 Å². The average Bonchev–Trinajstić information content (AvgIpc) is 3.06. The van der Waals surface area contributed by atoms with Gasteiger partial charge in [0, 0.05) is 45.7 Å². The summed E-state index contributed by atoms with van der Waals surface area (Å²) in [5.74, 6) is -1.43. The maximum absolute atomic E-state index is 12.4. The highest BCUT2D eigenvalue weighted by Crippen LogP contribution is 2.18. The molecule has 2 amide bonds. The fourth-order valence-electron chi connectivity index (χ4n) is 3.35. The van der Waals surface area contributed by atoms with Gasteiger partial charge in [-0.3, -0.25) is 14.5 Å². The van der Waals surface area contributed by atoms with Crippen molar-refractivity contribution in [2.45, 2.75) is 13.0 Å². The number of hydrogen-bond donors (Lipinski definition) is 2. The van der Waals surface area contributed by atoms with Crippen molar-refractivity contribution in [1.82, 2.24) is 15.1 Å². The number of carbonyl (C=O) groups is 3. The highest BCUT2D eigenvalue weighted by molar-refractivity contribution is 5.89. The Balaban J connectivity index is 1.43. The number of benzene rings is 1. The minimum absolute atomic E-state index is 0.0224. The van der Waals surface area contributed by atoms with E-state index in [2.05, 4.69) is 10.2 Å². The second-order valence-corrected chi connectivity index (χ2v) is 6.91. The minimum atomic E-state index is -0.979. The number of morpholine rings is 1.